The molecule has 1 aromatic carbocycles. The van der Waals surface area contributed by atoms with Gasteiger partial charge in [-0.05, 0) is 99.6 Å². The highest BCUT2D eigenvalue weighted by Crippen LogP contribution is 2.48. The van der Waals surface area contributed by atoms with Crippen molar-refractivity contribution in [2.24, 2.45) is 9.81 Å². The van der Waals surface area contributed by atoms with Gasteiger partial charge < -0.3 is 4.55 Å². The van der Waals surface area contributed by atoms with E-state index >= 15 is 0 Å². The second-order valence-electron chi connectivity index (χ2n) is 9.35. The van der Waals surface area contributed by atoms with Crippen LogP contribution in [0.25, 0.3) is 0 Å². The fourth-order valence-corrected chi connectivity index (χ4v) is 5.64. The number of fused-ring (bicyclic) bond motifs is 1. The van der Waals surface area contributed by atoms with Gasteiger partial charge in [0.05, 0.1) is 5.71 Å². The van der Waals surface area contributed by atoms with E-state index in [2.05, 4.69) is 50.7 Å². The van der Waals surface area contributed by atoms with E-state index in [9.17, 15) is 4.55 Å². The standard InChI is InChI=1S/C23H28BrNOS/c1-22(2,3)27(26)25-21-7-5-16-8-10-23(11-9-17(16)13-21)14-18-4-6-20(24)12-19(18)15-23/h4-7,12H,8-11,13-15H2,1-3H3/b25-21-. The first-order valence-electron chi connectivity index (χ1n) is 9.90. The largest absolute Gasteiger partial charge is 0.591 e. The molecule has 0 radical (unpaired) electrons. The average Bonchev–Trinajstić information content (AvgIpc) is 2.86. The van der Waals surface area contributed by atoms with Crippen molar-refractivity contribution in [1.82, 2.24) is 0 Å². The third kappa shape index (κ3) is 4.13. The van der Waals surface area contributed by atoms with Crippen molar-refractivity contribution >= 4 is 33.0 Å². The Balaban J connectivity index is 1.48. The molecule has 1 aromatic rings. The van der Waals surface area contributed by atoms with Gasteiger partial charge in [0, 0.05) is 10.9 Å². The summed E-state index contributed by atoms with van der Waals surface area (Å²) in [7, 11) is 0. The second-order valence-corrected chi connectivity index (χ2v) is 12.2. The molecule has 3 aliphatic carbocycles. The van der Waals surface area contributed by atoms with Gasteiger partial charge in [-0.1, -0.05) is 38.0 Å². The summed E-state index contributed by atoms with van der Waals surface area (Å²) < 4.78 is 17.8. The van der Waals surface area contributed by atoms with Crippen LogP contribution in [0, 0.1) is 5.41 Å². The lowest BCUT2D eigenvalue weighted by Gasteiger charge is -2.27. The monoisotopic (exact) mass is 445 g/mol. The Kier molecular flexibility index (Phi) is 5.19. The maximum atomic E-state index is 12.4. The summed E-state index contributed by atoms with van der Waals surface area (Å²) in [6.07, 6.45) is 12.5. The lowest BCUT2D eigenvalue weighted by Crippen LogP contribution is -2.27. The minimum atomic E-state index is -1.18. The molecule has 0 saturated carbocycles. The molecule has 27 heavy (non-hydrogen) atoms. The van der Waals surface area contributed by atoms with Crippen molar-refractivity contribution in [2.75, 3.05) is 0 Å². The first kappa shape index (κ1) is 19.5. The summed E-state index contributed by atoms with van der Waals surface area (Å²) in [5, 5.41) is 0. The highest BCUT2D eigenvalue weighted by atomic mass is 79.9. The van der Waals surface area contributed by atoms with Gasteiger partial charge in [-0.15, -0.1) is 0 Å². The number of halogens is 1. The van der Waals surface area contributed by atoms with Gasteiger partial charge in [-0.2, -0.15) is 0 Å². The summed E-state index contributed by atoms with van der Waals surface area (Å²) in [6, 6.07) is 6.80. The topological polar surface area (TPSA) is 35.4 Å². The molecule has 0 aliphatic heterocycles. The Morgan fingerprint density at radius 2 is 1.81 bits per heavy atom. The molecule has 0 N–H and O–H groups in total. The van der Waals surface area contributed by atoms with Gasteiger partial charge in [-0.25, -0.2) is 0 Å². The Bertz CT molecular complexity index is 848. The number of hydrogen-bond donors (Lipinski definition) is 0. The van der Waals surface area contributed by atoms with Gasteiger partial charge >= 0.3 is 0 Å². The summed E-state index contributed by atoms with van der Waals surface area (Å²) in [5.74, 6) is 0. The van der Waals surface area contributed by atoms with Crippen molar-refractivity contribution < 1.29 is 4.55 Å². The van der Waals surface area contributed by atoms with Crippen molar-refractivity contribution in [1.29, 1.82) is 0 Å². The molecule has 0 bridgehead atoms. The molecule has 0 fully saturated rings. The molecule has 0 aromatic heterocycles. The highest BCUT2D eigenvalue weighted by Gasteiger charge is 2.39. The van der Waals surface area contributed by atoms with Crippen LogP contribution in [0.3, 0.4) is 0 Å². The maximum Gasteiger partial charge on any atom is 0.144 e. The van der Waals surface area contributed by atoms with Gasteiger partial charge in [0.25, 0.3) is 0 Å². The molecule has 4 rings (SSSR count). The highest BCUT2D eigenvalue weighted by molar-refractivity contribution is 9.10. The molecule has 4 heteroatoms. The molecule has 0 amide bonds. The second kappa shape index (κ2) is 7.20. The zero-order valence-electron chi connectivity index (χ0n) is 16.5. The van der Waals surface area contributed by atoms with Crippen molar-refractivity contribution in [3.05, 3.63) is 57.1 Å². The lowest BCUT2D eigenvalue weighted by atomic mass is 9.77. The molecule has 2 atom stereocenters. The third-order valence-electron chi connectivity index (χ3n) is 6.23. The number of hydrogen-bond acceptors (Lipinski definition) is 2. The van der Waals surface area contributed by atoms with Gasteiger partial charge in [0.15, 0.2) is 0 Å². The molecule has 2 unspecified atom stereocenters. The number of benzene rings is 1. The average molecular weight is 446 g/mol. The maximum absolute atomic E-state index is 12.4. The first-order valence-corrected chi connectivity index (χ1v) is 11.8. The van der Waals surface area contributed by atoms with Crippen LogP contribution >= 0.6 is 15.9 Å². The van der Waals surface area contributed by atoms with Crippen LogP contribution in [0.15, 0.2) is 50.4 Å². The van der Waals surface area contributed by atoms with E-state index in [1.54, 1.807) is 0 Å². The van der Waals surface area contributed by atoms with Crippen LogP contribution in [-0.4, -0.2) is 15.0 Å². The van der Waals surface area contributed by atoms with Crippen molar-refractivity contribution in [3.8, 4) is 0 Å². The fraction of sp³-hybridized carbons (Fsp3) is 0.522. The Hall–Kier alpha value is -0.840. The Morgan fingerprint density at radius 3 is 2.59 bits per heavy atom. The van der Waals surface area contributed by atoms with Crippen LogP contribution in [0.2, 0.25) is 0 Å². The minimum absolute atomic E-state index is 0.299. The number of rotatable bonds is 1. The van der Waals surface area contributed by atoms with E-state index in [0.29, 0.717) is 5.41 Å². The predicted octanol–water partition coefficient (Wildman–Crippen LogP) is 6.27. The summed E-state index contributed by atoms with van der Waals surface area (Å²) in [6.45, 7) is 5.95. The van der Waals surface area contributed by atoms with E-state index in [0.717, 1.165) is 25.0 Å². The summed E-state index contributed by atoms with van der Waals surface area (Å²) in [4.78, 5) is 0. The van der Waals surface area contributed by atoms with E-state index in [-0.39, 0.29) is 4.75 Å². The SMILES string of the molecule is CC(C)(C)[S+]([O-])/N=C1/C=CC2=C(CCC3(CC2)Cc2ccc(Br)cc2C3)C1. The number of nitrogens with zero attached hydrogens (tertiary/aromatic N) is 1. The van der Waals surface area contributed by atoms with Gasteiger partial charge in [0.1, 0.15) is 16.1 Å². The zero-order chi connectivity index (χ0) is 19.2. The Morgan fingerprint density at radius 1 is 1.07 bits per heavy atom. The van der Waals surface area contributed by atoms with E-state index in [1.807, 2.05) is 20.8 Å². The molecular weight excluding hydrogens is 418 g/mol. The summed E-state index contributed by atoms with van der Waals surface area (Å²) >= 11 is 2.45. The Labute approximate surface area is 174 Å². The fourth-order valence-electron chi connectivity index (χ4n) is 4.62. The van der Waals surface area contributed by atoms with Crippen LogP contribution in [0.1, 0.15) is 64.0 Å². The van der Waals surface area contributed by atoms with E-state index in [4.69, 9.17) is 0 Å². The van der Waals surface area contributed by atoms with Gasteiger partial charge in [-0.3, -0.25) is 0 Å². The molecular formula is C23H28BrNOS. The van der Waals surface area contributed by atoms with E-state index < -0.39 is 11.4 Å². The number of allylic oxidation sites excluding steroid dienone is 4. The third-order valence-corrected chi connectivity index (χ3v) is 8.17. The van der Waals surface area contributed by atoms with Crippen LogP contribution in [0.4, 0.5) is 0 Å². The predicted molar refractivity (Wildman–Crippen MR) is 119 cm³/mol. The van der Waals surface area contributed by atoms with E-state index in [1.165, 1.54) is 52.4 Å². The molecule has 2 nitrogen and oxygen atoms in total. The molecule has 144 valence electrons. The molecule has 3 aliphatic rings. The smallest absolute Gasteiger partial charge is 0.144 e. The molecule has 1 spiro atoms. The summed E-state index contributed by atoms with van der Waals surface area (Å²) in [5.41, 5.74) is 7.50. The zero-order valence-corrected chi connectivity index (χ0v) is 18.9. The quantitative estimate of drug-likeness (QED) is 0.469. The van der Waals surface area contributed by atoms with Crippen LogP contribution < -0.4 is 0 Å². The van der Waals surface area contributed by atoms with Crippen molar-refractivity contribution in [3.63, 3.8) is 0 Å². The first-order chi connectivity index (χ1) is 12.7. The minimum Gasteiger partial charge on any atom is -0.591 e. The normalized spacial score (nSPS) is 27.7. The van der Waals surface area contributed by atoms with Crippen molar-refractivity contribution in [2.45, 2.75) is 70.5 Å². The van der Waals surface area contributed by atoms with Gasteiger partial charge in [0.2, 0.25) is 0 Å². The van der Waals surface area contributed by atoms with Crippen LogP contribution in [0.5, 0.6) is 0 Å². The van der Waals surface area contributed by atoms with Crippen LogP contribution in [-0.2, 0) is 24.2 Å². The lowest BCUT2D eigenvalue weighted by molar-refractivity contribution is 0.262. The molecule has 0 heterocycles. The molecule has 0 saturated heterocycles.